The Bertz CT molecular complexity index is 601. The summed E-state index contributed by atoms with van der Waals surface area (Å²) in [6, 6.07) is 8.03. The van der Waals surface area contributed by atoms with Gasteiger partial charge in [0.15, 0.2) is 5.78 Å². The molecule has 106 valence electrons. The molecule has 0 unspecified atom stereocenters. The van der Waals surface area contributed by atoms with Crippen LogP contribution in [0.3, 0.4) is 0 Å². The van der Waals surface area contributed by atoms with Crippen molar-refractivity contribution in [3.8, 4) is 0 Å². The van der Waals surface area contributed by atoms with Gasteiger partial charge in [0, 0.05) is 18.0 Å². The molecular formula is C16H19NO3. The number of carbonyl (C=O) groups is 1. The van der Waals surface area contributed by atoms with E-state index in [4.69, 9.17) is 9.52 Å². The number of benzene rings is 1. The van der Waals surface area contributed by atoms with Crippen molar-refractivity contribution in [2.75, 3.05) is 19.7 Å². The summed E-state index contributed by atoms with van der Waals surface area (Å²) in [6.45, 7) is 1.01. The molecule has 1 N–H and O–H groups in total. The van der Waals surface area contributed by atoms with Crippen LogP contribution < -0.4 is 0 Å². The van der Waals surface area contributed by atoms with Crippen LogP contribution in [0.4, 0.5) is 0 Å². The zero-order valence-corrected chi connectivity index (χ0v) is 11.4. The van der Waals surface area contributed by atoms with E-state index in [0.29, 0.717) is 24.7 Å². The summed E-state index contributed by atoms with van der Waals surface area (Å²) in [7, 11) is 0. The summed E-state index contributed by atoms with van der Waals surface area (Å²) in [6.07, 6.45) is 5.01. The average molecular weight is 273 g/mol. The van der Waals surface area contributed by atoms with Gasteiger partial charge in [-0.2, -0.15) is 0 Å². The van der Waals surface area contributed by atoms with Gasteiger partial charge in [-0.15, -0.1) is 0 Å². The Morgan fingerprint density at radius 3 is 2.85 bits per heavy atom. The largest absolute Gasteiger partial charge is 0.464 e. The van der Waals surface area contributed by atoms with Gasteiger partial charge in [0.25, 0.3) is 0 Å². The van der Waals surface area contributed by atoms with E-state index in [1.807, 2.05) is 24.3 Å². The van der Waals surface area contributed by atoms with Crippen LogP contribution in [0.25, 0.3) is 11.0 Å². The summed E-state index contributed by atoms with van der Waals surface area (Å²) < 4.78 is 5.42. The van der Waals surface area contributed by atoms with E-state index >= 15 is 0 Å². The highest BCUT2D eigenvalue weighted by Gasteiger charge is 2.27. The van der Waals surface area contributed by atoms with Crippen LogP contribution in [0.2, 0.25) is 0 Å². The lowest BCUT2D eigenvalue weighted by molar-refractivity contribution is 0.0748. The zero-order chi connectivity index (χ0) is 13.9. The summed E-state index contributed by atoms with van der Waals surface area (Å²) in [4.78, 5) is 14.6. The molecule has 4 nitrogen and oxygen atoms in total. The Labute approximate surface area is 118 Å². The minimum Gasteiger partial charge on any atom is -0.464 e. The molecule has 1 aromatic heterocycles. The van der Waals surface area contributed by atoms with Crippen molar-refractivity contribution in [1.82, 2.24) is 4.90 Å². The number of carbonyl (C=O) groups excluding carboxylic acids is 1. The molecule has 0 bridgehead atoms. The van der Waals surface area contributed by atoms with Crippen molar-refractivity contribution < 1.29 is 14.3 Å². The summed E-state index contributed by atoms with van der Waals surface area (Å²) >= 11 is 0. The first kappa shape index (κ1) is 13.3. The van der Waals surface area contributed by atoms with Gasteiger partial charge in [0.05, 0.1) is 18.7 Å². The molecule has 1 aliphatic rings. The lowest BCUT2D eigenvalue weighted by atomic mass is 9.91. The minimum atomic E-state index is 0.0651. The first-order chi connectivity index (χ1) is 9.79. The van der Waals surface area contributed by atoms with Crippen molar-refractivity contribution in [3.05, 3.63) is 36.1 Å². The van der Waals surface area contributed by atoms with Gasteiger partial charge in [-0.25, -0.2) is 0 Å². The molecule has 0 spiro atoms. The maximum atomic E-state index is 12.5. The summed E-state index contributed by atoms with van der Waals surface area (Å²) in [5.74, 6) is 0.0651. The number of rotatable bonds is 6. The molecular weight excluding hydrogens is 254 g/mol. The molecule has 1 saturated carbocycles. The Kier molecular flexibility index (Phi) is 3.85. The van der Waals surface area contributed by atoms with Crippen molar-refractivity contribution in [2.45, 2.75) is 25.3 Å². The molecule has 1 aromatic carbocycles. The summed E-state index contributed by atoms with van der Waals surface area (Å²) in [5, 5.41) is 10.0. The van der Waals surface area contributed by atoms with Gasteiger partial charge in [0.2, 0.25) is 0 Å². The highest BCUT2D eigenvalue weighted by molar-refractivity contribution is 6.08. The molecule has 0 radical (unpaired) electrons. The van der Waals surface area contributed by atoms with E-state index in [-0.39, 0.29) is 12.4 Å². The monoisotopic (exact) mass is 273 g/mol. The van der Waals surface area contributed by atoms with Gasteiger partial charge in [0.1, 0.15) is 11.8 Å². The molecule has 0 atom stereocenters. The molecule has 3 rings (SSSR count). The quantitative estimate of drug-likeness (QED) is 0.821. The van der Waals surface area contributed by atoms with E-state index in [2.05, 4.69) is 4.90 Å². The SMILES string of the molecule is O=C(CN(CCO)C1CCC1)c1coc2ccccc12. The Hall–Kier alpha value is -1.65. The molecule has 1 heterocycles. The van der Waals surface area contributed by atoms with Gasteiger partial charge in [-0.05, 0) is 18.9 Å². The number of nitrogens with zero attached hydrogens (tertiary/aromatic N) is 1. The molecule has 4 heteroatoms. The molecule has 0 aliphatic heterocycles. The highest BCUT2D eigenvalue weighted by Crippen LogP contribution is 2.26. The Balaban J connectivity index is 1.77. The Morgan fingerprint density at radius 2 is 2.15 bits per heavy atom. The fourth-order valence-electron chi connectivity index (χ4n) is 2.73. The first-order valence-electron chi connectivity index (χ1n) is 7.14. The number of Topliss-reactive ketones (excluding diaryl/α,β-unsaturated/α-hetero) is 1. The number of para-hydroxylation sites is 1. The van der Waals surface area contributed by atoms with Crippen molar-refractivity contribution >= 4 is 16.8 Å². The number of aliphatic hydroxyl groups is 1. The fourth-order valence-corrected chi connectivity index (χ4v) is 2.73. The second kappa shape index (κ2) is 5.77. The highest BCUT2D eigenvalue weighted by atomic mass is 16.3. The van der Waals surface area contributed by atoms with Gasteiger partial charge < -0.3 is 9.52 Å². The normalized spacial score (nSPS) is 15.7. The van der Waals surface area contributed by atoms with Crippen molar-refractivity contribution in [1.29, 1.82) is 0 Å². The second-order valence-electron chi connectivity index (χ2n) is 5.35. The van der Waals surface area contributed by atoms with Gasteiger partial charge in [-0.1, -0.05) is 24.6 Å². The third kappa shape index (κ3) is 2.49. The third-order valence-corrected chi connectivity index (χ3v) is 4.11. The average Bonchev–Trinajstić information content (AvgIpc) is 2.80. The first-order valence-corrected chi connectivity index (χ1v) is 7.14. The molecule has 0 saturated heterocycles. The number of furan rings is 1. The van der Waals surface area contributed by atoms with Gasteiger partial charge in [-0.3, -0.25) is 9.69 Å². The van der Waals surface area contributed by atoms with E-state index in [1.54, 1.807) is 6.26 Å². The lowest BCUT2D eigenvalue weighted by Gasteiger charge is -2.36. The van der Waals surface area contributed by atoms with Crippen LogP contribution in [0.1, 0.15) is 29.6 Å². The van der Waals surface area contributed by atoms with Gasteiger partial charge >= 0.3 is 0 Å². The zero-order valence-electron chi connectivity index (χ0n) is 11.4. The van der Waals surface area contributed by atoms with Crippen LogP contribution in [-0.2, 0) is 0 Å². The minimum absolute atomic E-state index is 0.0651. The number of hydrogen-bond acceptors (Lipinski definition) is 4. The van der Waals surface area contributed by atoms with Crippen LogP contribution in [0.15, 0.2) is 34.9 Å². The number of aliphatic hydroxyl groups excluding tert-OH is 1. The van der Waals surface area contributed by atoms with Crippen LogP contribution in [-0.4, -0.2) is 41.5 Å². The number of hydrogen-bond donors (Lipinski definition) is 1. The molecule has 1 fully saturated rings. The van der Waals surface area contributed by atoms with E-state index in [9.17, 15) is 4.79 Å². The van der Waals surface area contributed by atoms with Crippen molar-refractivity contribution in [2.24, 2.45) is 0 Å². The van der Waals surface area contributed by atoms with E-state index < -0.39 is 0 Å². The van der Waals surface area contributed by atoms with E-state index in [0.717, 1.165) is 23.8 Å². The predicted octanol–water partition coefficient (Wildman–Crippen LogP) is 2.46. The van der Waals surface area contributed by atoms with E-state index in [1.165, 1.54) is 6.42 Å². The maximum absolute atomic E-state index is 12.5. The maximum Gasteiger partial charge on any atom is 0.180 e. The third-order valence-electron chi connectivity index (χ3n) is 4.11. The topological polar surface area (TPSA) is 53.7 Å². The second-order valence-corrected chi connectivity index (χ2v) is 5.35. The number of fused-ring (bicyclic) bond motifs is 1. The molecule has 0 amide bonds. The number of ketones is 1. The molecule has 20 heavy (non-hydrogen) atoms. The Morgan fingerprint density at radius 1 is 1.35 bits per heavy atom. The van der Waals surface area contributed by atoms with Crippen LogP contribution in [0.5, 0.6) is 0 Å². The molecule has 2 aromatic rings. The lowest BCUT2D eigenvalue weighted by Crippen LogP contribution is -2.44. The smallest absolute Gasteiger partial charge is 0.180 e. The summed E-state index contributed by atoms with van der Waals surface area (Å²) in [5.41, 5.74) is 1.39. The van der Waals surface area contributed by atoms with Crippen LogP contribution in [0, 0.1) is 0 Å². The fraction of sp³-hybridized carbons (Fsp3) is 0.438. The predicted molar refractivity (Wildman–Crippen MR) is 76.8 cm³/mol. The van der Waals surface area contributed by atoms with Crippen LogP contribution >= 0.6 is 0 Å². The standard InChI is InChI=1S/C16H19NO3/c18-9-8-17(12-4-3-5-12)10-15(19)14-11-20-16-7-2-1-6-13(14)16/h1-2,6-7,11-12,18H,3-5,8-10H2. The van der Waals surface area contributed by atoms with Crippen molar-refractivity contribution in [3.63, 3.8) is 0 Å². The molecule has 1 aliphatic carbocycles.